The van der Waals surface area contributed by atoms with Crippen LogP contribution in [0.1, 0.15) is 0 Å². The summed E-state index contributed by atoms with van der Waals surface area (Å²) in [4.78, 5) is 3.53. The first-order chi connectivity index (χ1) is 11.5. The van der Waals surface area contributed by atoms with Crippen LogP contribution < -0.4 is 20.2 Å². The number of benzene rings is 2. The normalized spacial score (nSPS) is 11.6. The Balaban J connectivity index is 2.71. The van der Waals surface area contributed by atoms with Crippen LogP contribution in [0.25, 0.3) is 0 Å². The van der Waals surface area contributed by atoms with Gasteiger partial charge in [0.05, 0.1) is 11.4 Å². The second kappa shape index (κ2) is 7.37. The summed E-state index contributed by atoms with van der Waals surface area (Å²) in [5, 5.41) is 2.13. The maximum atomic E-state index is 14.3. The highest BCUT2D eigenvalue weighted by atomic mass is 79.9. The predicted molar refractivity (Wildman–Crippen MR) is 114 cm³/mol. The zero-order valence-electron chi connectivity index (χ0n) is 15.2. The van der Waals surface area contributed by atoms with Gasteiger partial charge in [-0.3, -0.25) is 0 Å². The first-order valence-corrected chi connectivity index (χ1v) is 12.4. The van der Waals surface area contributed by atoms with E-state index >= 15 is 0 Å². The third-order valence-electron chi connectivity index (χ3n) is 4.38. The van der Waals surface area contributed by atoms with E-state index in [0.717, 1.165) is 19.3 Å². The molecule has 0 atom stereocenters. The van der Waals surface area contributed by atoms with E-state index in [2.05, 4.69) is 45.0 Å². The molecular weight excluding hydrogens is 470 g/mol. The fourth-order valence-electron chi connectivity index (χ4n) is 2.86. The van der Waals surface area contributed by atoms with Crippen LogP contribution in [0.5, 0.6) is 0 Å². The lowest BCUT2D eigenvalue weighted by Gasteiger charge is -2.29. The monoisotopic (exact) mass is 490 g/mol. The summed E-state index contributed by atoms with van der Waals surface area (Å²) >= 11 is 7.05. The van der Waals surface area contributed by atoms with Crippen molar-refractivity contribution in [2.45, 2.75) is 13.1 Å². The Bertz CT molecular complexity index is 743. The third-order valence-corrected chi connectivity index (χ3v) is 9.95. The highest BCUT2D eigenvalue weighted by molar-refractivity contribution is 9.11. The Morgan fingerprint density at radius 2 is 1.04 bits per heavy atom. The van der Waals surface area contributed by atoms with Gasteiger partial charge in [0.1, 0.15) is 19.7 Å². The van der Waals surface area contributed by atoms with Crippen molar-refractivity contribution in [3.63, 3.8) is 0 Å². The maximum absolute atomic E-state index is 14.3. The molecule has 2 nitrogen and oxygen atoms in total. The van der Waals surface area contributed by atoms with Gasteiger partial charge in [-0.25, -0.2) is 8.78 Å². The Labute approximate surface area is 166 Å². The molecule has 25 heavy (non-hydrogen) atoms. The van der Waals surface area contributed by atoms with Gasteiger partial charge in [0.15, 0.2) is 0 Å². The van der Waals surface area contributed by atoms with E-state index in [9.17, 15) is 8.78 Å². The van der Waals surface area contributed by atoms with Crippen molar-refractivity contribution in [1.82, 2.24) is 0 Å². The number of anilines is 2. The molecule has 0 radical (unpaired) electrons. The first kappa shape index (κ1) is 20.4. The highest BCUT2D eigenvalue weighted by Gasteiger charge is 2.32. The summed E-state index contributed by atoms with van der Waals surface area (Å²) in [6.07, 6.45) is 0. The number of nitrogens with zero attached hydrogens (tertiary/aromatic N) is 2. The zero-order valence-corrected chi connectivity index (χ0v) is 19.4. The van der Waals surface area contributed by atoms with E-state index in [1.54, 1.807) is 9.80 Å². The minimum atomic E-state index is -2.23. The Hall–Kier alpha value is -0.923. The van der Waals surface area contributed by atoms with Crippen LogP contribution in [0, 0.1) is 11.6 Å². The van der Waals surface area contributed by atoms with Crippen LogP contribution >= 0.6 is 31.9 Å². The van der Waals surface area contributed by atoms with Crippen molar-refractivity contribution in [3.05, 3.63) is 44.8 Å². The molecule has 2 rings (SSSR count). The number of hydrogen-bond acceptors (Lipinski definition) is 2. The average molecular weight is 492 g/mol. The van der Waals surface area contributed by atoms with Crippen LogP contribution in [0.4, 0.5) is 20.2 Å². The standard InChI is InChI=1S/C18H22Br2F2N2Si/c1-23(2)15-9-17(11(19)7-13(15)21)25(5,6)18-10-16(24(3)4)14(22)8-12(18)20/h7-10H,1-6H3. The summed E-state index contributed by atoms with van der Waals surface area (Å²) in [5.41, 5.74) is 1.09. The molecule has 7 heteroatoms. The summed E-state index contributed by atoms with van der Waals surface area (Å²) in [6.45, 7) is 4.36. The van der Waals surface area contributed by atoms with Crippen LogP contribution in [0.15, 0.2) is 33.2 Å². The van der Waals surface area contributed by atoms with Crippen LogP contribution in [-0.4, -0.2) is 36.3 Å². The minimum absolute atomic E-state index is 0.266. The van der Waals surface area contributed by atoms with Crippen LogP contribution in [-0.2, 0) is 0 Å². The van der Waals surface area contributed by atoms with Gasteiger partial charge in [-0.2, -0.15) is 0 Å². The lowest BCUT2D eigenvalue weighted by atomic mass is 10.3. The van der Waals surface area contributed by atoms with Gasteiger partial charge in [0, 0.05) is 37.1 Å². The summed E-state index contributed by atoms with van der Waals surface area (Å²) in [6, 6.07) is 6.83. The van der Waals surface area contributed by atoms with Gasteiger partial charge in [-0.15, -0.1) is 0 Å². The first-order valence-electron chi connectivity index (χ1n) is 7.80. The minimum Gasteiger partial charge on any atom is -0.375 e. The summed E-state index contributed by atoms with van der Waals surface area (Å²) in [5.74, 6) is -0.532. The molecule has 0 saturated carbocycles. The number of hydrogen-bond donors (Lipinski definition) is 0. The van der Waals surface area contributed by atoms with Gasteiger partial charge in [-0.1, -0.05) is 45.0 Å². The van der Waals surface area contributed by atoms with E-state index in [1.807, 2.05) is 40.3 Å². The molecule has 2 aromatic rings. The Morgan fingerprint density at radius 1 is 0.720 bits per heavy atom. The summed E-state index contributed by atoms with van der Waals surface area (Å²) < 4.78 is 30.0. The third kappa shape index (κ3) is 3.93. The van der Waals surface area contributed by atoms with E-state index in [0.29, 0.717) is 11.4 Å². The van der Waals surface area contributed by atoms with Crippen molar-refractivity contribution in [3.8, 4) is 0 Å². The molecular formula is C18H22Br2F2N2Si. The molecule has 0 spiro atoms. The largest absolute Gasteiger partial charge is 0.375 e. The highest BCUT2D eigenvalue weighted by Crippen LogP contribution is 2.27. The number of halogens is 4. The van der Waals surface area contributed by atoms with Crippen molar-refractivity contribution in [2.24, 2.45) is 0 Å². The molecule has 0 aliphatic heterocycles. The molecule has 0 heterocycles. The predicted octanol–water partition coefficient (Wildman–Crippen LogP) is 4.44. The van der Waals surface area contributed by atoms with Crippen molar-refractivity contribution in [1.29, 1.82) is 0 Å². The molecule has 136 valence electrons. The zero-order chi connectivity index (χ0) is 19.1. The molecule has 0 N–H and O–H groups in total. The van der Waals surface area contributed by atoms with E-state index in [1.165, 1.54) is 12.1 Å². The van der Waals surface area contributed by atoms with Gasteiger partial charge >= 0.3 is 0 Å². The quantitative estimate of drug-likeness (QED) is 0.583. The average Bonchev–Trinajstić information content (AvgIpc) is 2.45. The molecule has 0 amide bonds. The topological polar surface area (TPSA) is 6.48 Å². The molecule has 0 bridgehead atoms. The molecule has 0 fully saturated rings. The Morgan fingerprint density at radius 3 is 1.32 bits per heavy atom. The van der Waals surface area contributed by atoms with Crippen LogP contribution in [0.2, 0.25) is 13.1 Å². The molecule has 2 aromatic carbocycles. The van der Waals surface area contributed by atoms with Crippen molar-refractivity contribution >= 4 is 61.7 Å². The van der Waals surface area contributed by atoms with Gasteiger partial charge < -0.3 is 9.80 Å². The van der Waals surface area contributed by atoms with Crippen molar-refractivity contribution in [2.75, 3.05) is 38.0 Å². The maximum Gasteiger partial charge on any atom is 0.147 e. The summed E-state index contributed by atoms with van der Waals surface area (Å²) in [7, 11) is 5.06. The van der Waals surface area contributed by atoms with Gasteiger partial charge in [-0.05, 0) is 34.6 Å². The fourth-order valence-corrected chi connectivity index (χ4v) is 9.09. The fraction of sp³-hybridized carbons (Fsp3) is 0.333. The van der Waals surface area contributed by atoms with Gasteiger partial charge in [0.25, 0.3) is 0 Å². The molecule has 0 unspecified atom stereocenters. The number of rotatable bonds is 4. The second-order valence-electron chi connectivity index (χ2n) is 6.98. The smallest absolute Gasteiger partial charge is 0.147 e. The van der Waals surface area contributed by atoms with Gasteiger partial charge in [0.2, 0.25) is 0 Å². The van der Waals surface area contributed by atoms with Crippen molar-refractivity contribution < 1.29 is 8.78 Å². The van der Waals surface area contributed by atoms with E-state index in [-0.39, 0.29) is 11.6 Å². The molecule has 0 aliphatic rings. The molecule has 0 saturated heterocycles. The molecule has 0 aliphatic carbocycles. The lowest BCUT2D eigenvalue weighted by Crippen LogP contribution is -2.54. The lowest BCUT2D eigenvalue weighted by molar-refractivity contribution is 0.625. The van der Waals surface area contributed by atoms with E-state index in [4.69, 9.17) is 0 Å². The van der Waals surface area contributed by atoms with Crippen LogP contribution in [0.3, 0.4) is 0 Å². The van der Waals surface area contributed by atoms with E-state index < -0.39 is 8.07 Å². The molecule has 0 aromatic heterocycles. The Kier molecular flexibility index (Phi) is 6.01. The second-order valence-corrected chi connectivity index (χ2v) is 13.0. The SMILES string of the molecule is CN(C)c1cc([Si](C)(C)c2cc(N(C)C)c(F)cc2Br)c(Br)cc1F.